The molecule has 0 N–H and O–H groups in total. The van der Waals surface area contributed by atoms with Crippen LogP contribution in [-0.4, -0.2) is 9.13 Å². The van der Waals surface area contributed by atoms with Crippen molar-refractivity contribution in [2.24, 2.45) is 0 Å². The lowest BCUT2D eigenvalue weighted by Crippen LogP contribution is -2.22. The molecule has 0 aliphatic rings. The minimum Gasteiger partial charge on any atom is -0.260 e. The molecule has 0 bridgehead atoms. The first kappa shape index (κ1) is 34.7. The summed E-state index contributed by atoms with van der Waals surface area (Å²) in [5.41, 5.74) is 16.8. The fourth-order valence-electron chi connectivity index (χ4n) is 8.07. The Kier molecular flexibility index (Phi) is 9.02. The molecule has 10 rings (SSSR count). The third-order valence-corrected chi connectivity index (χ3v) is 11.0. The van der Waals surface area contributed by atoms with Crippen LogP contribution in [0.2, 0.25) is 0 Å². The van der Waals surface area contributed by atoms with Crippen LogP contribution >= 0.6 is 0 Å². The Morgan fingerprint density at radius 2 is 0.466 bits per heavy atom. The minimum atomic E-state index is -0.117. The van der Waals surface area contributed by atoms with E-state index in [0.29, 0.717) is 0 Å². The average Bonchev–Trinajstić information content (AvgIpc) is 3.61. The maximum atomic E-state index is 14.7. The molecule has 0 saturated carbocycles. The number of hydrogen-bond donors (Lipinski definition) is 0. The van der Waals surface area contributed by atoms with Gasteiger partial charge in [-0.2, -0.15) is 0 Å². The number of aromatic nitrogens is 2. The number of nitrogens with zero attached hydrogens (tertiary/aromatic N) is 2. The van der Waals surface area contributed by atoms with Gasteiger partial charge in [-0.1, -0.05) is 170 Å². The molecule has 0 atom stereocenters. The van der Waals surface area contributed by atoms with Gasteiger partial charge in [-0.15, -0.1) is 0 Å². The third kappa shape index (κ3) is 6.65. The van der Waals surface area contributed by atoms with Gasteiger partial charge in [0.15, 0.2) is 0 Å². The molecule has 0 amide bonds. The van der Waals surface area contributed by atoms with Crippen molar-refractivity contribution in [2.75, 3.05) is 0 Å². The van der Waals surface area contributed by atoms with Crippen molar-refractivity contribution < 1.29 is 0 Å². The van der Waals surface area contributed by atoms with E-state index < -0.39 is 0 Å². The monoisotopic (exact) mass is 742 g/mol. The summed E-state index contributed by atoms with van der Waals surface area (Å²) in [7, 11) is 0. The van der Waals surface area contributed by atoms with E-state index in [0.717, 1.165) is 66.9 Å². The van der Waals surface area contributed by atoms with Gasteiger partial charge in [0.1, 0.15) is 0 Å². The number of benzene rings is 9. The molecule has 1 heterocycles. The van der Waals surface area contributed by atoms with Crippen molar-refractivity contribution in [2.45, 2.75) is 0 Å². The van der Waals surface area contributed by atoms with Crippen LogP contribution < -0.4 is 5.69 Å². The second kappa shape index (κ2) is 15.1. The predicted octanol–water partition coefficient (Wildman–Crippen LogP) is 13.8. The average molecular weight is 743 g/mol. The third-order valence-electron chi connectivity index (χ3n) is 11.0. The van der Waals surface area contributed by atoms with Gasteiger partial charge in [0.2, 0.25) is 0 Å². The Bertz CT molecular complexity index is 2930. The molecule has 1 aromatic heterocycles. The standard InChI is InChI=1S/C55H38N2O/c58-55-56(51-29-13-27-49(37-51)47-25-11-23-45(35-47)43-21-9-19-41(33-43)39-15-3-1-4-16-39)53-31-7-8-32-54(53)57(55)52-30-14-28-50(38-52)48-26-12-24-46(36-48)44-22-10-20-42(34-44)40-17-5-2-6-18-40/h1-38H. The summed E-state index contributed by atoms with van der Waals surface area (Å²) >= 11 is 0. The van der Waals surface area contributed by atoms with Crippen molar-refractivity contribution in [1.82, 2.24) is 9.13 Å². The summed E-state index contributed by atoms with van der Waals surface area (Å²) in [6.07, 6.45) is 0. The summed E-state index contributed by atoms with van der Waals surface area (Å²) in [6.45, 7) is 0. The molecule has 9 aromatic carbocycles. The summed E-state index contributed by atoms with van der Waals surface area (Å²) in [5.74, 6) is 0. The van der Waals surface area contributed by atoms with Crippen molar-refractivity contribution >= 4 is 11.0 Å². The Morgan fingerprint density at radius 3 is 0.793 bits per heavy atom. The largest absolute Gasteiger partial charge is 0.338 e. The first-order chi connectivity index (χ1) is 28.7. The summed E-state index contributed by atoms with van der Waals surface area (Å²) in [6, 6.07) is 80.2. The molecule has 274 valence electrons. The van der Waals surface area contributed by atoms with Gasteiger partial charge in [0.25, 0.3) is 0 Å². The highest BCUT2D eigenvalue weighted by atomic mass is 16.1. The van der Waals surface area contributed by atoms with E-state index >= 15 is 0 Å². The van der Waals surface area contributed by atoms with E-state index in [9.17, 15) is 4.79 Å². The molecule has 10 aromatic rings. The second-order valence-corrected chi connectivity index (χ2v) is 14.6. The van der Waals surface area contributed by atoms with Gasteiger partial charge in [0.05, 0.1) is 22.4 Å². The fraction of sp³-hybridized carbons (Fsp3) is 0. The zero-order valence-corrected chi connectivity index (χ0v) is 31.7. The lowest BCUT2D eigenvalue weighted by Gasteiger charge is -2.11. The Hall–Kier alpha value is -7.75. The molecule has 3 nitrogen and oxygen atoms in total. The van der Waals surface area contributed by atoms with Crippen molar-refractivity contribution in [1.29, 1.82) is 0 Å². The maximum Gasteiger partial charge on any atom is 0.338 e. The van der Waals surface area contributed by atoms with Gasteiger partial charge in [-0.25, -0.2) is 4.79 Å². The highest BCUT2D eigenvalue weighted by Gasteiger charge is 2.17. The van der Waals surface area contributed by atoms with Crippen molar-refractivity contribution in [3.8, 4) is 78.1 Å². The quantitative estimate of drug-likeness (QED) is 0.152. The molecule has 0 radical (unpaired) electrons. The number of imidazole rings is 1. The van der Waals surface area contributed by atoms with Gasteiger partial charge in [-0.3, -0.25) is 9.13 Å². The Balaban J connectivity index is 1.000. The van der Waals surface area contributed by atoms with E-state index in [-0.39, 0.29) is 5.69 Å². The van der Waals surface area contributed by atoms with Gasteiger partial charge in [0, 0.05) is 0 Å². The zero-order valence-electron chi connectivity index (χ0n) is 31.7. The van der Waals surface area contributed by atoms with Crippen LogP contribution in [0.4, 0.5) is 0 Å². The molecule has 0 unspecified atom stereocenters. The SMILES string of the molecule is O=c1n(-c2cccc(-c3cccc(-c4cccc(-c5ccccc5)c4)c3)c2)c2ccccc2n1-c1cccc(-c2cccc(-c3cccc(-c4ccccc4)c3)c2)c1. The van der Waals surface area contributed by atoms with Gasteiger partial charge in [-0.05, 0) is 127 Å². The van der Waals surface area contributed by atoms with Crippen LogP contribution in [0.3, 0.4) is 0 Å². The zero-order chi connectivity index (χ0) is 38.8. The smallest absolute Gasteiger partial charge is 0.260 e. The van der Waals surface area contributed by atoms with Crippen molar-refractivity contribution in [3.63, 3.8) is 0 Å². The molecule has 58 heavy (non-hydrogen) atoms. The molecular weight excluding hydrogens is 705 g/mol. The van der Waals surface area contributed by atoms with Crippen LogP contribution in [-0.2, 0) is 0 Å². The molecule has 0 aliphatic heterocycles. The maximum absolute atomic E-state index is 14.7. The van der Waals surface area contributed by atoms with Crippen LogP contribution in [0.5, 0.6) is 0 Å². The summed E-state index contributed by atoms with van der Waals surface area (Å²) < 4.78 is 3.66. The number of para-hydroxylation sites is 2. The molecule has 3 heteroatoms. The highest BCUT2D eigenvalue weighted by molar-refractivity contribution is 5.83. The van der Waals surface area contributed by atoms with Crippen LogP contribution in [0.1, 0.15) is 0 Å². The molecule has 0 spiro atoms. The fourth-order valence-corrected chi connectivity index (χ4v) is 8.07. The topological polar surface area (TPSA) is 26.9 Å². The molecular formula is C55H38N2O. The van der Waals surface area contributed by atoms with Gasteiger partial charge >= 0.3 is 5.69 Å². The number of hydrogen-bond acceptors (Lipinski definition) is 1. The molecule has 0 fully saturated rings. The molecule has 0 saturated heterocycles. The number of fused-ring (bicyclic) bond motifs is 1. The van der Waals surface area contributed by atoms with E-state index in [1.54, 1.807) is 0 Å². The Morgan fingerprint density at radius 1 is 0.224 bits per heavy atom. The lowest BCUT2D eigenvalue weighted by atomic mass is 9.96. The first-order valence-corrected chi connectivity index (χ1v) is 19.6. The first-order valence-electron chi connectivity index (χ1n) is 19.6. The predicted molar refractivity (Wildman–Crippen MR) is 241 cm³/mol. The summed E-state index contributed by atoms with van der Waals surface area (Å²) in [5, 5.41) is 0. The lowest BCUT2D eigenvalue weighted by molar-refractivity contribution is 0.931. The molecule has 0 aliphatic carbocycles. The Labute approximate surface area is 338 Å². The minimum absolute atomic E-state index is 0.117. The van der Waals surface area contributed by atoms with Gasteiger partial charge < -0.3 is 0 Å². The van der Waals surface area contributed by atoms with Crippen LogP contribution in [0, 0.1) is 0 Å². The number of rotatable bonds is 8. The normalized spacial score (nSPS) is 11.2. The highest BCUT2D eigenvalue weighted by Crippen LogP contribution is 2.33. The summed E-state index contributed by atoms with van der Waals surface area (Å²) in [4.78, 5) is 14.7. The van der Waals surface area contributed by atoms with E-state index in [1.165, 1.54) is 22.3 Å². The van der Waals surface area contributed by atoms with Crippen molar-refractivity contribution in [3.05, 3.63) is 241 Å². The van der Waals surface area contributed by atoms with E-state index in [4.69, 9.17) is 0 Å². The van der Waals surface area contributed by atoms with E-state index in [2.05, 4.69) is 170 Å². The second-order valence-electron chi connectivity index (χ2n) is 14.6. The van der Waals surface area contributed by atoms with Crippen LogP contribution in [0.15, 0.2) is 235 Å². The van der Waals surface area contributed by atoms with Crippen LogP contribution in [0.25, 0.3) is 89.2 Å². The van der Waals surface area contributed by atoms with E-state index in [1.807, 2.05) is 69.8 Å².